The molecule has 3 heteroatoms. The van der Waals surface area contributed by atoms with Gasteiger partial charge >= 0.3 is 0 Å². The van der Waals surface area contributed by atoms with Crippen molar-refractivity contribution in [2.24, 2.45) is 0 Å². The van der Waals surface area contributed by atoms with E-state index in [2.05, 4.69) is 4.98 Å². The van der Waals surface area contributed by atoms with Gasteiger partial charge in [-0.05, 0) is 6.07 Å². The van der Waals surface area contributed by atoms with Gasteiger partial charge in [-0.15, -0.1) is 0 Å². The predicted molar refractivity (Wildman–Crippen MR) is 37.7 cm³/mol. The number of rotatable bonds is 0. The van der Waals surface area contributed by atoms with E-state index in [-0.39, 0.29) is 0 Å². The van der Waals surface area contributed by atoms with Crippen LogP contribution in [0.2, 0.25) is 5.02 Å². The third-order valence-corrected chi connectivity index (χ3v) is 1.93. The Balaban J connectivity index is 2.59. The molecule has 0 fully saturated rings. The molecule has 0 spiro atoms. The van der Waals surface area contributed by atoms with Crippen LogP contribution >= 0.6 is 11.6 Å². The van der Waals surface area contributed by atoms with Crippen LogP contribution in [0.15, 0.2) is 12.3 Å². The first kappa shape index (κ1) is 6.13. The summed E-state index contributed by atoms with van der Waals surface area (Å²) in [4.78, 5) is 4.11. The summed E-state index contributed by atoms with van der Waals surface area (Å²) in [6, 6.07) is 1.79. The average Bonchev–Trinajstić information content (AvgIpc) is 2.36. The van der Waals surface area contributed by atoms with Gasteiger partial charge in [0.15, 0.2) is 0 Å². The number of pyridine rings is 1. The van der Waals surface area contributed by atoms with E-state index in [9.17, 15) is 0 Å². The second-order valence-electron chi connectivity index (χ2n) is 2.21. The van der Waals surface area contributed by atoms with Crippen LogP contribution in [0.3, 0.4) is 0 Å². The van der Waals surface area contributed by atoms with Gasteiger partial charge in [-0.2, -0.15) is 0 Å². The molecule has 0 saturated heterocycles. The van der Waals surface area contributed by atoms with Crippen molar-refractivity contribution < 1.29 is 4.74 Å². The Labute approximate surface area is 63.8 Å². The highest BCUT2D eigenvalue weighted by Gasteiger charge is 2.14. The van der Waals surface area contributed by atoms with Crippen molar-refractivity contribution in [2.75, 3.05) is 0 Å². The van der Waals surface area contributed by atoms with Crippen molar-refractivity contribution in [3.63, 3.8) is 0 Å². The Hall–Kier alpha value is -0.600. The fourth-order valence-electron chi connectivity index (χ4n) is 1.04. The van der Waals surface area contributed by atoms with Crippen LogP contribution < -0.4 is 0 Å². The zero-order valence-electron chi connectivity index (χ0n) is 5.30. The average molecular weight is 156 g/mol. The second kappa shape index (κ2) is 2.22. The van der Waals surface area contributed by atoms with Crippen molar-refractivity contribution in [3.05, 3.63) is 28.5 Å². The first-order valence-electron chi connectivity index (χ1n) is 3.08. The van der Waals surface area contributed by atoms with E-state index in [1.165, 1.54) is 0 Å². The second-order valence-corrected chi connectivity index (χ2v) is 2.62. The molecule has 0 aliphatic carbocycles. The fraction of sp³-hybridized carbons (Fsp3) is 0.286. The first-order valence-corrected chi connectivity index (χ1v) is 3.46. The van der Waals surface area contributed by atoms with E-state index in [1.807, 2.05) is 0 Å². The van der Waals surface area contributed by atoms with E-state index in [0.717, 1.165) is 16.3 Å². The summed E-state index contributed by atoms with van der Waals surface area (Å²) < 4.78 is 5.15. The molecular weight excluding hydrogens is 150 g/mol. The van der Waals surface area contributed by atoms with Crippen LogP contribution in [0.4, 0.5) is 0 Å². The first-order chi connectivity index (χ1) is 4.88. The summed E-state index contributed by atoms with van der Waals surface area (Å²) in [5.74, 6) is 0. The highest BCUT2D eigenvalue weighted by molar-refractivity contribution is 6.31. The maximum absolute atomic E-state index is 5.85. The van der Waals surface area contributed by atoms with E-state index in [0.29, 0.717) is 13.2 Å². The van der Waals surface area contributed by atoms with Gasteiger partial charge in [0, 0.05) is 16.8 Å². The van der Waals surface area contributed by atoms with E-state index >= 15 is 0 Å². The summed E-state index contributed by atoms with van der Waals surface area (Å²) in [7, 11) is 0. The maximum Gasteiger partial charge on any atom is 0.0896 e. The molecule has 52 valence electrons. The topological polar surface area (TPSA) is 22.1 Å². The number of halogens is 1. The van der Waals surface area contributed by atoms with Crippen LogP contribution in [0.1, 0.15) is 11.3 Å². The number of hydrogen-bond donors (Lipinski definition) is 0. The van der Waals surface area contributed by atoms with Gasteiger partial charge in [0.1, 0.15) is 0 Å². The summed E-state index contributed by atoms with van der Waals surface area (Å²) in [5, 5.41) is 0.766. The smallest absolute Gasteiger partial charge is 0.0896 e. The molecule has 1 aromatic heterocycles. The Morgan fingerprint density at radius 3 is 3.20 bits per heavy atom. The molecule has 2 rings (SSSR count). The van der Waals surface area contributed by atoms with Crippen LogP contribution in [-0.2, 0) is 18.0 Å². The minimum Gasteiger partial charge on any atom is -0.370 e. The minimum atomic E-state index is 0.607. The third kappa shape index (κ3) is 0.805. The third-order valence-electron chi connectivity index (χ3n) is 1.57. The lowest BCUT2D eigenvalue weighted by Gasteiger charge is -1.95. The zero-order chi connectivity index (χ0) is 6.97. The maximum atomic E-state index is 5.85. The molecule has 0 N–H and O–H groups in total. The fourth-order valence-corrected chi connectivity index (χ4v) is 1.26. The monoisotopic (exact) mass is 155 g/mol. The van der Waals surface area contributed by atoms with Crippen LogP contribution in [0.5, 0.6) is 0 Å². The normalized spacial score (nSPS) is 15.3. The van der Waals surface area contributed by atoms with E-state index < -0.39 is 0 Å². The largest absolute Gasteiger partial charge is 0.370 e. The highest BCUT2D eigenvalue weighted by Crippen LogP contribution is 2.24. The Morgan fingerprint density at radius 2 is 2.40 bits per heavy atom. The quantitative estimate of drug-likeness (QED) is 0.570. The Morgan fingerprint density at radius 1 is 1.50 bits per heavy atom. The van der Waals surface area contributed by atoms with E-state index in [4.69, 9.17) is 16.3 Å². The molecule has 2 heterocycles. The standard InChI is InChI=1S/C7H6ClNO/c8-6-1-2-9-7-4-10-3-5(6)7/h1-2H,3-4H2. The van der Waals surface area contributed by atoms with Gasteiger partial charge in [0.2, 0.25) is 0 Å². The number of fused-ring (bicyclic) bond motifs is 1. The van der Waals surface area contributed by atoms with Crippen molar-refractivity contribution in [2.45, 2.75) is 13.2 Å². The molecule has 0 unspecified atom stereocenters. The molecule has 10 heavy (non-hydrogen) atoms. The van der Waals surface area contributed by atoms with Crippen molar-refractivity contribution in [1.82, 2.24) is 4.98 Å². The van der Waals surface area contributed by atoms with Crippen molar-refractivity contribution >= 4 is 11.6 Å². The molecule has 0 atom stereocenters. The molecule has 0 saturated carbocycles. The molecule has 0 radical (unpaired) electrons. The highest BCUT2D eigenvalue weighted by atomic mass is 35.5. The summed E-state index contributed by atoms with van der Waals surface area (Å²) in [6.07, 6.45) is 1.70. The summed E-state index contributed by atoms with van der Waals surface area (Å²) in [6.45, 7) is 1.22. The van der Waals surface area contributed by atoms with Gasteiger partial charge in [0.05, 0.1) is 18.9 Å². The molecule has 0 aromatic carbocycles. The number of nitrogens with zero attached hydrogens (tertiary/aromatic N) is 1. The van der Waals surface area contributed by atoms with Crippen LogP contribution in [0, 0.1) is 0 Å². The van der Waals surface area contributed by atoms with Gasteiger partial charge in [-0.25, -0.2) is 0 Å². The number of hydrogen-bond acceptors (Lipinski definition) is 2. The predicted octanol–water partition coefficient (Wildman–Crippen LogP) is 1.77. The van der Waals surface area contributed by atoms with Gasteiger partial charge < -0.3 is 4.74 Å². The minimum absolute atomic E-state index is 0.607. The van der Waals surface area contributed by atoms with E-state index in [1.54, 1.807) is 12.3 Å². The lowest BCUT2D eigenvalue weighted by Crippen LogP contribution is -1.86. The molecule has 0 amide bonds. The Bertz CT molecular complexity index is 262. The Kier molecular flexibility index (Phi) is 1.36. The summed E-state index contributed by atoms with van der Waals surface area (Å²) in [5.41, 5.74) is 2.02. The molecular formula is C7H6ClNO. The van der Waals surface area contributed by atoms with Crippen LogP contribution in [-0.4, -0.2) is 4.98 Å². The number of aromatic nitrogens is 1. The van der Waals surface area contributed by atoms with Gasteiger partial charge in [-0.3, -0.25) is 4.98 Å². The molecule has 2 nitrogen and oxygen atoms in total. The van der Waals surface area contributed by atoms with Crippen molar-refractivity contribution in [1.29, 1.82) is 0 Å². The lowest BCUT2D eigenvalue weighted by molar-refractivity contribution is 0.133. The lowest BCUT2D eigenvalue weighted by atomic mass is 10.2. The van der Waals surface area contributed by atoms with Crippen LogP contribution in [0.25, 0.3) is 0 Å². The molecule has 1 aliphatic rings. The zero-order valence-corrected chi connectivity index (χ0v) is 6.06. The van der Waals surface area contributed by atoms with Gasteiger partial charge in [-0.1, -0.05) is 11.6 Å². The molecule has 1 aliphatic heterocycles. The number of ether oxygens (including phenoxy) is 1. The SMILES string of the molecule is Clc1ccnc2c1COC2. The molecule has 0 bridgehead atoms. The van der Waals surface area contributed by atoms with Crippen molar-refractivity contribution in [3.8, 4) is 0 Å². The summed E-state index contributed by atoms with van der Waals surface area (Å²) >= 11 is 5.85. The molecule has 1 aromatic rings. The van der Waals surface area contributed by atoms with Gasteiger partial charge in [0.25, 0.3) is 0 Å².